The molecule has 4 saturated carbocycles. The first-order valence-electron chi connectivity index (χ1n) is 12.5. The zero-order valence-corrected chi connectivity index (χ0v) is 19.3. The van der Waals surface area contributed by atoms with E-state index in [9.17, 15) is 9.59 Å². The summed E-state index contributed by atoms with van der Waals surface area (Å²) in [6.45, 7) is 2.74. The van der Waals surface area contributed by atoms with Gasteiger partial charge in [-0.1, -0.05) is 12.1 Å². The van der Waals surface area contributed by atoms with Crippen molar-refractivity contribution >= 4 is 11.8 Å². The van der Waals surface area contributed by atoms with Gasteiger partial charge in [0.2, 0.25) is 11.8 Å². The highest BCUT2D eigenvalue weighted by Gasteiger charge is 2.54. The van der Waals surface area contributed by atoms with Gasteiger partial charge in [0.1, 0.15) is 5.75 Å². The molecular formula is C26H37N3O3. The van der Waals surface area contributed by atoms with Crippen LogP contribution in [0.3, 0.4) is 0 Å². The second-order valence-corrected chi connectivity index (χ2v) is 10.7. The van der Waals surface area contributed by atoms with Crippen molar-refractivity contribution in [2.24, 2.45) is 23.2 Å². The molecule has 6 nitrogen and oxygen atoms in total. The van der Waals surface area contributed by atoms with Crippen molar-refractivity contribution in [1.29, 1.82) is 0 Å². The number of nitrogens with one attached hydrogen (secondary N) is 2. The molecule has 5 fully saturated rings. The Morgan fingerprint density at radius 1 is 1.00 bits per heavy atom. The number of hydrogen-bond acceptors (Lipinski definition) is 4. The van der Waals surface area contributed by atoms with Crippen molar-refractivity contribution in [2.45, 2.75) is 57.4 Å². The van der Waals surface area contributed by atoms with E-state index in [4.69, 9.17) is 4.74 Å². The van der Waals surface area contributed by atoms with Gasteiger partial charge in [-0.3, -0.25) is 14.5 Å². The molecule has 1 aliphatic heterocycles. The lowest BCUT2D eigenvalue weighted by molar-refractivity contribution is -0.147. The normalized spacial score (nSPS) is 32.0. The summed E-state index contributed by atoms with van der Waals surface area (Å²) in [7, 11) is 1.67. The first-order valence-corrected chi connectivity index (χ1v) is 12.5. The van der Waals surface area contributed by atoms with E-state index in [0.717, 1.165) is 55.9 Å². The SMILES string of the molecule is COc1ccc(C(CNC(=O)CNC(=O)C23CC4CC(CC(C4)C2)C3)N2CCCC2)cc1. The third kappa shape index (κ3) is 4.39. The average molecular weight is 440 g/mol. The molecule has 0 spiro atoms. The maximum atomic E-state index is 13.1. The van der Waals surface area contributed by atoms with Gasteiger partial charge in [-0.15, -0.1) is 0 Å². The van der Waals surface area contributed by atoms with E-state index < -0.39 is 0 Å². The number of benzene rings is 1. The second kappa shape index (κ2) is 9.05. The standard InChI is InChI=1S/C26H37N3O3/c1-32-22-6-4-21(5-7-22)23(29-8-2-3-9-29)16-27-24(30)17-28-25(31)26-13-18-10-19(14-26)12-20(11-18)15-26/h4-7,18-20,23H,2-3,8-17H2,1H3,(H,27,30)(H,28,31). The highest BCUT2D eigenvalue weighted by atomic mass is 16.5. The van der Waals surface area contributed by atoms with Gasteiger partial charge in [-0.05, 0) is 99.9 Å². The molecule has 2 amide bonds. The van der Waals surface area contributed by atoms with Gasteiger partial charge in [-0.2, -0.15) is 0 Å². The molecule has 4 aliphatic carbocycles. The Bertz CT molecular complexity index is 796. The third-order valence-electron chi connectivity index (χ3n) is 8.50. The van der Waals surface area contributed by atoms with Crippen LogP contribution in [-0.2, 0) is 9.59 Å². The summed E-state index contributed by atoms with van der Waals surface area (Å²) in [6, 6.07) is 8.27. The first kappa shape index (κ1) is 21.7. The van der Waals surface area contributed by atoms with Crippen molar-refractivity contribution in [2.75, 3.05) is 33.3 Å². The Kier molecular flexibility index (Phi) is 6.15. The molecule has 2 N–H and O–H groups in total. The highest BCUT2D eigenvalue weighted by Crippen LogP contribution is 2.60. The summed E-state index contributed by atoms with van der Waals surface area (Å²) < 4.78 is 5.29. The summed E-state index contributed by atoms with van der Waals surface area (Å²) in [5.41, 5.74) is 0.988. The number of nitrogens with zero attached hydrogens (tertiary/aromatic N) is 1. The van der Waals surface area contributed by atoms with Crippen LogP contribution >= 0.6 is 0 Å². The van der Waals surface area contributed by atoms with Crippen LogP contribution in [0.5, 0.6) is 5.75 Å². The number of rotatable bonds is 8. The van der Waals surface area contributed by atoms with Gasteiger partial charge < -0.3 is 15.4 Å². The molecule has 0 radical (unpaired) electrons. The molecule has 32 heavy (non-hydrogen) atoms. The zero-order valence-electron chi connectivity index (χ0n) is 19.3. The van der Waals surface area contributed by atoms with Gasteiger partial charge in [0.15, 0.2) is 0 Å². The maximum Gasteiger partial charge on any atom is 0.239 e. The largest absolute Gasteiger partial charge is 0.497 e. The zero-order chi connectivity index (χ0) is 22.1. The molecule has 1 saturated heterocycles. The van der Waals surface area contributed by atoms with Gasteiger partial charge in [0.25, 0.3) is 0 Å². The molecular weight excluding hydrogens is 402 g/mol. The lowest BCUT2D eigenvalue weighted by atomic mass is 9.49. The Balaban J connectivity index is 1.15. The Morgan fingerprint density at radius 3 is 2.16 bits per heavy atom. The quantitative estimate of drug-likeness (QED) is 0.652. The van der Waals surface area contributed by atoms with Crippen molar-refractivity contribution in [3.63, 3.8) is 0 Å². The number of amides is 2. The summed E-state index contributed by atoms with van der Waals surface area (Å²) in [4.78, 5) is 28.2. The van der Waals surface area contributed by atoms with Crippen molar-refractivity contribution in [1.82, 2.24) is 15.5 Å². The maximum absolute atomic E-state index is 13.1. The van der Waals surface area contributed by atoms with Crippen LogP contribution in [-0.4, -0.2) is 50.0 Å². The van der Waals surface area contributed by atoms with Crippen LogP contribution in [0.25, 0.3) is 0 Å². The van der Waals surface area contributed by atoms with Crippen LogP contribution in [0.4, 0.5) is 0 Å². The molecule has 174 valence electrons. The van der Waals surface area contributed by atoms with E-state index in [1.807, 2.05) is 12.1 Å². The minimum Gasteiger partial charge on any atom is -0.497 e. The Hall–Kier alpha value is -2.08. The molecule has 1 heterocycles. The minimum atomic E-state index is -0.198. The van der Waals surface area contributed by atoms with E-state index in [-0.39, 0.29) is 29.8 Å². The predicted octanol–water partition coefficient (Wildman–Crippen LogP) is 3.28. The fraction of sp³-hybridized carbons (Fsp3) is 0.692. The predicted molar refractivity (Wildman–Crippen MR) is 123 cm³/mol. The molecule has 6 rings (SSSR count). The van der Waals surface area contributed by atoms with Crippen molar-refractivity contribution < 1.29 is 14.3 Å². The number of carbonyl (C=O) groups is 2. The minimum absolute atomic E-state index is 0.0793. The summed E-state index contributed by atoms with van der Waals surface area (Å²) in [5, 5.41) is 6.10. The van der Waals surface area contributed by atoms with Gasteiger partial charge in [-0.25, -0.2) is 0 Å². The number of likely N-dealkylation sites (tertiary alicyclic amines) is 1. The van der Waals surface area contributed by atoms with Gasteiger partial charge in [0.05, 0.1) is 19.7 Å². The fourth-order valence-corrected chi connectivity index (χ4v) is 7.35. The Labute approximate surface area is 191 Å². The van der Waals surface area contributed by atoms with Crippen molar-refractivity contribution in [3.05, 3.63) is 29.8 Å². The van der Waals surface area contributed by atoms with E-state index >= 15 is 0 Å². The van der Waals surface area contributed by atoms with Gasteiger partial charge >= 0.3 is 0 Å². The van der Waals surface area contributed by atoms with E-state index in [1.54, 1.807) is 7.11 Å². The van der Waals surface area contributed by atoms with Crippen LogP contribution in [0, 0.1) is 23.2 Å². The molecule has 5 aliphatic rings. The van der Waals surface area contributed by atoms with E-state index in [1.165, 1.54) is 37.7 Å². The molecule has 1 aromatic carbocycles. The van der Waals surface area contributed by atoms with Crippen LogP contribution < -0.4 is 15.4 Å². The van der Waals surface area contributed by atoms with Crippen LogP contribution in [0.1, 0.15) is 63.0 Å². The smallest absolute Gasteiger partial charge is 0.239 e. The average Bonchev–Trinajstić information content (AvgIpc) is 3.31. The Morgan fingerprint density at radius 2 is 1.59 bits per heavy atom. The number of carbonyl (C=O) groups excluding carboxylic acids is 2. The molecule has 4 bridgehead atoms. The number of hydrogen-bond donors (Lipinski definition) is 2. The number of methoxy groups -OCH3 is 1. The topological polar surface area (TPSA) is 70.7 Å². The van der Waals surface area contributed by atoms with E-state index in [2.05, 4.69) is 27.7 Å². The molecule has 1 unspecified atom stereocenters. The summed E-state index contributed by atoms with van der Waals surface area (Å²) in [6.07, 6.45) is 9.43. The first-order chi connectivity index (χ1) is 15.5. The fourth-order valence-electron chi connectivity index (χ4n) is 7.35. The molecule has 1 atom stereocenters. The van der Waals surface area contributed by atoms with Gasteiger partial charge in [0, 0.05) is 12.0 Å². The van der Waals surface area contributed by atoms with Crippen LogP contribution in [0.2, 0.25) is 0 Å². The second-order valence-electron chi connectivity index (χ2n) is 10.7. The molecule has 1 aromatic rings. The summed E-state index contributed by atoms with van der Waals surface area (Å²) >= 11 is 0. The van der Waals surface area contributed by atoms with Crippen LogP contribution in [0.15, 0.2) is 24.3 Å². The monoisotopic (exact) mass is 439 g/mol. The van der Waals surface area contributed by atoms with E-state index in [0.29, 0.717) is 6.54 Å². The van der Waals surface area contributed by atoms with Crippen molar-refractivity contribution in [3.8, 4) is 5.75 Å². The highest BCUT2D eigenvalue weighted by molar-refractivity contribution is 5.88. The third-order valence-corrected chi connectivity index (χ3v) is 8.50. The lowest BCUT2D eigenvalue weighted by Crippen LogP contribution is -2.54. The molecule has 6 heteroatoms. The number of ether oxygens (including phenoxy) is 1. The summed E-state index contributed by atoms with van der Waals surface area (Å²) in [5.74, 6) is 3.05. The molecule has 0 aromatic heterocycles. The lowest BCUT2D eigenvalue weighted by Gasteiger charge is -2.55.